The molecule has 4 rings (SSSR count). The maximum atomic E-state index is 13.9. The van der Waals surface area contributed by atoms with Crippen LogP contribution in [0.4, 0.5) is 35.1 Å². The van der Waals surface area contributed by atoms with E-state index in [1.807, 2.05) is 0 Å². The third-order valence-corrected chi connectivity index (χ3v) is 6.44. The Labute approximate surface area is 194 Å². The van der Waals surface area contributed by atoms with Gasteiger partial charge in [-0.3, -0.25) is 4.79 Å². The van der Waals surface area contributed by atoms with Gasteiger partial charge in [0.2, 0.25) is 0 Å². The molecule has 0 unspecified atom stereocenters. The molecular weight excluding hydrogens is 522 g/mol. The normalized spacial score (nSPS) is 15.1. The third kappa shape index (κ3) is 4.26. The molecule has 1 aliphatic carbocycles. The first-order valence-corrected chi connectivity index (χ1v) is 10.6. The summed E-state index contributed by atoms with van der Waals surface area (Å²) in [5.74, 6) is -7.44. The molecule has 3 aromatic rings. The molecule has 0 bridgehead atoms. The van der Waals surface area contributed by atoms with Crippen LogP contribution in [0.15, 0.2) is 18.5 Å². The van der Waals surface area contributed by atoms with Crippen molar-refractivity contribution in [3.63, 3.8) is 0 Å². The van der Waals surface area contributed by atoms with Crippen LogP contribution in [0.2, 0.25) is 5.02 Å². The fourth-order valence-electron chi connectivity index (χ4n) is 3.10. The van der Waals surface area contributed by atoms with Crippen molar-refractivity contribution < 1.29 is 39.9 Å². The standard InChI is InChI=1S/C18H12ClF8N5OS/c1-31-15(11(17(22,23)24)13(30-31)16(20,21)18(25,26)27)32-6-7(5-28-32)10-4-9(19)12(34-10)14(33)29-8-2-3-8/h4-6,8H,2-3H2,1H3,(H,29,33). The molecule has 3 heterocycles. The number of carbonyl (C=O) groups is 1. The van der Waals surface area contributed by atoms with E-state index in [9.17, 15) is 39.9 Å². The van der Waals surface area contributed by atoms with Crippen molar-refractivity contribution in [2.45, 2.75) is 37.2 Å². The van der Waals surface area contributed by atoms with Crippen molar-refractivity contribution in [1.82, 2.24) is 24.9 Å². The highest BCUT2D eigenvalue weighted by atomic mass is 35.5. The molecule has 1 saturated carbocycles. The lowest BCUT2D eigenvalue weighted by Crippen LogP contribution is -2.36. The number of alkyl halides is 8. The minimum atomic E-state index is -6.31. The minimum absolute atomic E-state index is 0.0477. The molecule has 0 spiro atoms. The van der Waals surface area contributed by atoms with Crippen molar-refractivity contribution >= 4 is 28.8 Å². The zero-order chi connectivity index (χ0) is 25.2. The summed E-state index contributed by atoms with van der Waals surface area (Å²) in [6.07, 6.45) is -8.23. The van der Waals surface area contributed by atoms with E-state index in [0.29, 0.717) is 9.56 Å². The number of amides is 1. The number of aryl methyl sites for hydroxylation is 1. The van der Waals surface area contributed by atoms with Crippen molar-refractivity contribution in [2.75, 3.05) is 0 Å². The fourth-order valence-corrected chi connectivity index (χ4v) is 4.41. The highest BCUT2D eigenvalue weighted by Crippen LogP contribution is 2.49. The molecule has 34 heavy (non-hydrogen) atoms. The summed E-state index contributed by atoms with van der Waals surface area (Å²) in [7, 11) is 0.782. The predicted molar refractivity (Wildman–Crippen MR) is 104 cm³/mol. The van der Waals surface area contributed by atoms with Crippen LogP contribution in [-0.2, 0) is 19.1 Å². The Morgan fingerprint density at radius 2 is 1.82 bits per heavy atom. The molecule has 1 fully saturated rings. The molecule has 0 aromatic carbocycles. The lowest BCUT2D eigenvalue weighted by atomic mass is 10.1. The zero-order valence-electron chi connectivity index (χ0n) is 16.7. The highest BCUT2D eigenvalue weighted by Gasteiger charge is 2.64. The van der Waals surface area contributed by atoms with Crippen LogP contribution < -0.4 is 5.32 Å². The first-order valence-electron chi connectivity index (χ1n) is 9.36. The van der Waals surface area contributed by atoms with Crippen LogP contribution in [0.3, 0.4) is 0 Å². The van der Waals surface area contributed by atoms with Crippen molar-refractivity contribution in [3.8, 4) is 16.3 Å². The summed E-state index contributed by atoms with van der Waals surface area (Å²) in [6.45, 7) is 0. The van der Waals surface area contributed by atoms with Gasteiger partial charge in [0, 0.05) is 29.7 Å². The van der Waals surface area contributed by atoms with Gasteiger partial charge in [-0.1, -0.05) is 11.6 Å². The van der Waals surface area contributed by atoms with Gasteiger partial charge in [0.05, 0.1) is 11.2 Å². The summed E-state index contributed by atoms with van der Waals surface area (Å²) in [5, 5.41) is 9.35. The second-order valence-corrected chi connectivity index (χ2v) is 8.91. The number of aromatic nitrogens is 4. The number of nitrogens with one attached hydrogen (secondary N) is 1. The van der Waals surface area contributed by atoms with E-state index in [4.69, 9.17) is 11.6 Å². The quantitative estimate of drug-likeness (QED) is 0.437. The average molecular weight is 534 g/mol. The molecule has 1 aliphatic rings. The molecule has 1 N–H and O–H groups in total. The average Bonchev–Trinajstić information content (AvgIpc) is 3.10. The van der Waals surface area contributed by atoms with E-state index < -0.39 is 41.3 Å². The van der Waals surface area contributed by atoms with Gasteiger partial charge in [-0.05, 0) is 18.9 Å². The Kier molecular flexibility index (Phi) is 5.70. The summed E-state index contributed by atoms with van der Waals surface area (Å²) in [4.78, 5) is 12.7. The number of nitrogens with zero attached hydrogens (tertiary/aromatic N) is 4. The Hall–Kier alpha value is -2.68. The lowest BCUT2D eigenvalue weighted by Gasteiger charge is -2.19. The molecule has 16 heteroatoms. The third-order valence-electron chi connectivity index (χ3n) is 4.84. The Bertz CT molecular complexity index is 1250. The van der Waals surface area contributed by atoms with E-state index in [2.05, 4.69) is 15.5 Å². The Morgan fingerprint density at radius 3 is 2.38 bits per heavy atom. The molecule has 184 valence electrons. The van der Waals surface area contributed by atoms with E-state index in [0.717, 1.165) is 43.6 Å². The maximum Gasteiger partial charge on any atom is 0.459 e. The van der Waals surface area contributed by atoms with E-state index in [1.54, 1.807) is 0 Å². The van der Waals surface area contributed by atoms with E-state index in [1.165, 1.54) is 6.07 Å². The lowest BCUT2D eigenvalue weighted by molar-refractivity contribution is -0.292. The van der Waals surface area contributed by atoms with Gasteiger partial charge in [0.15, 0.2) is 11.5 Å². The Balaban J connectivity index is 1.77. The van der Waals surface area contributed by atoms with Gasteiger partial charge in [-0.2, -0.15) is 45.3 Å². The smallest absolute Gasteiger partial charge is 0.349 e. The van der Waals surface area contributed by atoms with Crippen molar-refractivity contribution in [3.05, 3.63) is 39.6 Å². The maximum absolute atomic E-state index is 13.9. The first-order chi connectivity index (χ1) is 15.6. The summed E-state index contributed by atoms with van der Waals surface area (Å²) >= 11 is 7.01. The van der Waals surface area contributed by atoms with Gasteiger partial charge >= 0.3 is 18.3 Å². The fraction of sp³-hybridized carbons (Fsp3) is 0.389. The highest BCUT2D eigenvalue weighted by molar-refractivity contribution is 7.18. The van der Waals surface area contributed by atoms with Gasteiger partial charge in [-0.25, -0.2) is 9.36 Å². The molecule has 1 amide bonds. The van der Waals surface area contributed by atoms with Gasteiger partial charge < -0.3 is 5.32 Å². The number of halogens is 9. The van der Waals surface area contributed by atoms with Crippen LogP contribution in [0.25, 0.3) is 16.3 Å². The van der Waals surface area contributed by atoms with Crippen LogP contribution in [0, 0.1) is 0 Å². The van der Waals surface area contributed by atoms with Crippen molar-refractivity contribution in [2.24, 2.45) is 7.05 Å². The van der Waals surface area contributed by atoms with Gasteiger partial charge in [-0.15, -0.1) is 11.3 Å². The van der Waals surface area contributed by atoms with Crippen LogP contribution in [0.5, 0.6) is 0 Å². The summed E-state index contributed by atoms with van der Waals surface area (Å²) in [6, 6.07) is 1.42. The van der Waals surface area contributed by atoms with Gasteiger partial charge in [0.25, 0.3) is 5.91 Å². The second-order valence-electron chi connectivity index (χ2n) is 7.45. The summed E-state index contributed by atoms with van der Waals surface area (Å²) in [5.41, 5.74) is -4.61. The number of hydrogen-bond donors (Lipinski definition) is 1. The molecule has 0 aliphatic heterocycles. The molecule has 3 aromatic heterocycles. The van der Waals surface area contributed by atoms with E-state index >= 15 is 0 Å². The van der Waals surface area contributed by atoms with Crippen LogP contribution >= 0.6 is 22.9 Å². The van der Waals surface area contributed by atoms with Crippen molar-refractivity contribution in [1.29, 1.82) is 0 Å². The first kappa shape index (κ1) is 24.4. The van der Waals surface area contributed by atoms with Crippen LogP contribution in [0.1, 0.15) is 33.8 Å². The predicted octanol–water partition coefficient (Wildman–Crippen LogP) is 5.55. The molecule has 6 nitrogen and oxygen atoms in total. The monoisotopic (exact) mass is 533 g/mol. The minimum Gasteiger partial charge on any atom is -0.349 e. The number of thiophene rings is 1. The zero-order valence-corrected chi connectivity index (χ0v) is 18.3. The topological polar surface area (TPSA) is 64.7 Å². The number of rotatable bonds is 5. The Morgan fingerprint density at radius 1 is 1.18 bits per heavy atom. The largest absolute Gasteiger partial charge is 0.459 e. The van der Waals surface area contributed by atoms with Gasteiger partial charge in [0.1, 0.15) is 10.4 Å². The molecule has 0 atom stereocenters. The number of carbonyl (C=O) groups excluding carboxylic acids is 1. The SMILES string of the molecule is Cn1nc(C(F)(F)C(F)(F)F)c(C(F)(F)F)c1-n1cc(-c2cc(Cl)c(C(=O)NC3CC3)s2)cn1. The second kappa shape index (κ2) is 7.93. The molecule has 0 saturated heterocycles. The number of hydrogen-bond acceptors (Lipinski definition) is 4. The molecular formula is C18H12ClF8N5OS. The molecule has 0 radical (unpaired) electrons. The van der Waals surface area contributed by atoms with Crippen LogP contribution in [-0.4, -0.2) is 37.7 Å². The summed E-state index contributed by atoms with van der Waals surface area (Å²) < 4.78 is 108. The van der Waals surface area contributed by atoms with E-state index in [-0.39, 0.29) is 26.2 Å².